The molecule has 0 aromatic rings. The van der Waals surface area contributed by atoms with Gasteiger partial charge in [-0.25, -0.2) is 0 Å². The van der Waals surface area contributed by atoms with E-state index in [0.717, 1.165) is 18.6 Å². The largest absolute Gasteiger partial charge is 0.480 e. The summed E-state index contributed by atoms with van der Waals surface area (Å²) < 4.78 is 0. The summed E-state index contributed by atoms with van der Waals surface area (Å²) in [6.07, 6.45) is 8.79. The van der Waals surface area contributed by atoms with Crippen molar-refractivity contribution in [2.45, 2.75) is 63.6 Å². The number of likely N-dealkylation sites (N-methyl/N-ethyl adjacent to an activating group) is 2. The molecule has 0 spiro atoms. The van der Waals surface area contributed by atoms with Crippen LogP contribution < -0.4 is 5.32 Å². The number of nitrogens with zero attached hydrogens (tertiary/aromatic N) is 1. The summed E-state index contributed by atoms with van der Waals surface area (Å²) in [4.78, 5) is 23.1. The SMILES string of the molecule is CN[C@@H](CCSC)C(=O)O.C[C@@H](C(=O)O)N(C)C1CCCCC1. The molecular formula is C16H32N2O4S. The zero-order valence-corrected chi connectivity index (χ0v) is 15.6. The molecule has 0 aromatic heterocycles. The summed E-state index contributed by atoms with van der Waals surface area (Å²) in [5.74, 6) is -0.595. The van der Waals surface area contributed by atoms with Gasteiger partial charge < -0.3 is 15.5 Å². The van der Waals surface area contributed by atoms with E-state index in [9.17, 15) is 9.59 Å². The van der Waals surface area contributed by atoms with Crippen LogP contribution in [0.25, 0.3) is 0 Å². The van der Waals surface area contributed by atoms with Crippen molar-refractivity contribution >= 4 is 23.7 Å². The maximum absolute atomic E-state index is 10.7. The predicted octanol–water partition coefficient (Wildman–Crippen LogP) is 2.14. The molecule has 6 nitrogen and oxygen atoms in total. The molecule has 0 radical (unpaired) electrons. The molecule has 23 heavy (non-hydrogen) atoms. The van der Waals surface area contributed by atoms with Crippen molar-refractivity contribution < 1.29 is 19.8 Å². The van der Waals surface area contributed by atoms with E-state index < -0.39 is 11.9 Å². The van der Waals surface area contributed by atoms with Crippen molar-refractivity contribution in [3.8, 4) is 0 Å². The molecule has 0 aromatic carbocycles. The maximum atomic E-state index is 10.7. The normalized spacial score (nSPS) is 18.0. The summed E-state index contributed by atoms with van der Waals surface area (Å²) in [5.41, 5.74) is 0. The molecular weight excluding hydrogens is 316 g/mol. The molecule has 1 fully saturated rings. The van der Waals surface area contributed by atoms with E-state index in [1.54, 1.807) is 25.7 Å². The van der Waals surface area contributed by atoms with Crippen LogP contribution in [0.4, 0.5) is 0 Å². The molecule has 1 aliphatic carbocycles. The Balaban J connectivity index is 0.000000438. The number of nitrogens with one attached hydrogen (secondary N) is 1. The second-order valence-electron chi connectivity index (χ2n) is 5.93. The fourth-order valence-corrected chi connectivity index (χ4v) is 3.08. The second kappa shape index (κ2) is 12.6. The smallest absolute Gasteiger partial charge is 0.320 e. The Morgan fingerprint density at radius 2 is 1.78 bits per heavy atom. The van der Waals surface area contributed by atoms with Gasteiger partial charge in [0.2, 0.25) is 0 Å². The van der Waals surface area contributed by atoms with E-state index >= 15 is 0 Å². The third-order valence-electron chi connectivity index (χ3n) is 4.38. The van der Waals surface area contributed by atoms with Gasteiger partial charge in [0.15, 0.2) is 0 Å². The lowest BCUT2D eigenvalue weighted by Crippen LogP contribution is -2.43. The highest BCUT2D eigenvalue weighted by Crippen LogP contribution is 2.22. The minimum Gasteiger partial charge on any atom is -0.480 e. The van der Waals surface area contributed by atoms with Crippen molar-refractivity contribution in [1.82, 2.24) is 10.2 Å². The fraction of sp³-hybridized carbons (Fsp3) is 0.875. The van der Waals surface area contributed by atoms with Gasteiger partial charge in [-0.2, -0.15) is 11.8 Å². The number of aliphatic carboxylic acids is 2. The minimum absolute atomic E-state index is 0.344. The number of rotatable bonds is 8. The molecule has 0 aliphatic heterocycles. The molecule has 0 amide bonds. The first-order valence-corrected chi connectivity index (χ1v) is 9.58. The Bertz CT molecular complexity index is 349. The zero-order valence-electron chi connectivity index (χ0n) is 14.7. The van der Waals surface area contributed by atoms with Gasteiger partial charge in [-0.1, -0.05) is 19.3 Å². The Labute approximate surface area is 144 Å². The number of thioether (sulfide) groups is 1. The van der Waals surface area contributed by atoms with Gasteiger partial charge >= 0.3 is 11.9 Å². The van der Waals surface area contributed by atoms with Gasteiger partial charge in [-0.3, -0.25) is 14.5 Å². The number of hydrogen-bond acceptors (Lipinski definition) is 5. The van der Waals surface area contributed by atoms with Crippen molar-refractivity contribution in [2.75, 3.05) is 26.1 Å². The Morgan fingerprint density at radius 3 is 2.17 bits per heavy atom. The third kappa shape index (κ3) is 9.17. The van der Waals surface area contributed by atoms with Crippen molar-refractivity contribution in [1.29, 1.82) is 0 Å². The summed E-state index contributed by atoms with van der Waals surface area (Å²) in [6.45, 7) is 1.76. The Hall–Kier alpha value is -0.790. The molecule has 0 unspecified atom stereocenters. The van der Waals surface area contributed by atoms with E-state index in [2.05, 4.69) is 5.32 Å². The van der Waals surface area contributed by atoms with Crippen LogP contribution in [0.15, 0.2) is 0 Å². The number of carboxylic acids is 2. The van der Waals surface area contributed by atoms with Crippen LogP contribution in [0.2, 0.25) is 0 Å². The van der Waals surface area contributed by atoms with Crippen molar-refractivity contribution in [3.63, 3.8) is 0 Å². The lowest BCUT2D eigenvalue weighted by molar-refractivity contribution is -0.143. The highest BCUT2D eigenvalue weighted by atomic mass is 32.2. The maximum Gasteiger partial charge on any atom is 0.320 e. The summed E-state index contributed by atoms with van der Waals surface area (Å²) in [7, 11) is 3.59. The minimum atomic E-state index is -0.767. The van der Waals surface area contributed by atoms with Gasteiger partial charge in [-0.05, 0) is 52.3 Å². The quantitative estimate of drug-likeness (QED) is 0.619. The predicted molar refractivity (Wildman–Crippen MR) is 95.2 cm³/mol. The van der Waals surface area contributed by atoms with Crippen LogP contribution in [-0.2, 0) is 9.59 Å². The van der Waals surface area contributed by atoms with Crippen LogP contribution in [0, 0.1) is 0 Å². The van der Waals surface area contributed by atoms with E-state index in [-0.39, 0.29) is 12.1 Å². The van der Waals surface area contributed by atoms with Crippen LogP contribution in [0.1, 0.15) is 45.4 Å². The summed E-state index contributed by atoms with van der Waals surface area (Å²) >= 11 is 1.66. The van der Waals surface area contributed by atoms with E-state index in [1.807, 2.05) is 18.2 Å². The molecule has 7 heteroatoms. The topological polar surface area (TPSA) is 89.9 Å². The average Bonchev–Trinajstić information content (AvgIpc) is 2.55. The van der Waals surface area contributed by atoms with Crippen LogP contribution >= 0.6 is 11.8 Å². The van der Waals surface area contributed by atoms with Crippen molar-refractivity contribution in [3.05, 3.63) is 0 Å². The lowest BCUT2D eigenvalue weighted by Gasteiger charge is -2.33. The van der Waals surface area contributed by atoms with Gasteiger partial charge in [-0.15, -0.1) is 0 Å². The number of hydrogen-bond donors (Lipinski definition) is 3. The first-order valence-electron chi connectivity index (χ1n) is 8.18. The van der Waals surface area contributed by atoms with Gasteiger partial charge in [0, 0.05) is 6.04 Å². The third-order valence-corrected chi connectivity index (χ3v) is 5.02. The Kier molecular flexibility index (Phi) is 12.2. The molecule has 1 aliphatic rings. The van der Waals surface area contributed by atoms with E-state index in [1.165, 1.54) is 19.3 Å². The number of carboxylic acid groups (broad SMARTS) is 2. The molecule has 1 rings (SSSR count). The molecule has 136 valence electrons. The summed E-state index contributed by atoms with van der Waals surface area (Å²) in [5, 5.41) is 20.1. The van der Waals surface area contributed by atoms with Gasteiger partial charge in [0.25, 0.3) is 0 Å². The van der Waals surface area contributed by atoms with Crippen LogP contribution in [0.3, 0.4) is 0 Å². The van der Waals surface area contributed by atoms with E-state index in [4.69, 9.17) is 10.2 Å². The first kappa shape index (κ1) is 22.2. The zero-order chi connectivity index (χ0) is 17.8. The fourth-order valence-electron chi connectivity index (χ4n) is 2.61. The van der Waals surface area contributed by atoms with E-state index in [0.29, 0.717) is 12.5 Å². The average molecular weight is 349 g/mol. The van der Waals surface area contributed by atoms with Crippen LogP contribution in [-0.4, -0.2) is 71.3 Å². The highest BCUT2D eigenvalue weighted by molar-refractivity contribution is 7.98. The standard InChI is InChI=1S/C10H19NO2.C6H13NO2S/c1-8(10(12)13)11(2)9-6-4-3-5-7-9;1-7-5(6(8)9)3-4-10-2/h8-9H,3-7H2,1-2H3,(H,12,13);5,7H,3-4H2,1-2H3,(H,8,9)/t8-;5-/m00/s1. The van der Waals surface area contributed by atoms with Gasteiger partial charge in [0.1, 0.15) is 12.1 Å². The molecule has 0 bridgehead atoms. The molecule has 2 atom stereocenters. The first-order chi connectivity index (χ1) is 10.8. The molecule has 3 N–H and O–H groups in total. The number of carbonyl (C=O) groups is 2. The van der Waals surface area contributed by atoms with Gasteiger partial charge in [0.05, 0.1) is 0 Å². The Morgan fingerprint density at radius 1 is 1.22 bits per heavy atom. The molecule has 0 saturated heterocycles. The molecule has 0 heterocycles. The molecule has 1 saturated carbocycles. The lowest BCUT2D eigenvalue weighted by atomic mass is 9.94. The summed E-state index contributed by atoms with van der Waals surface area (Å²) in [6, 6.07) is -0.240. The van der Waals surface area contributed by atoms with Crippen molar-refractivity contribution in [2.24, 2.45) is 0 Å². The van der Waals surface area contributed by atoms with Crippen LogP contribution in [0.5, 0.6) is 0 Å². The highest BCUT2D eigenvalue weighted by Gasteiger charge is 2.25. The second-order valence-corrected chi connectivity index (χ2v) is 6.92. The monoisotopic (exact) mass is 348 g/mol.